The molecule has 0 aliphatic rings. The number of halogens is 8. The highest BCUT2D eigenvalue weighted by molar-refractivity contribution is 6.36. The average molecular weight is 613 g/mol. The van der Waals surface area contributed by atoms with E-state index in [0.717, 1.165) is 19.9 Å². The Morgan fingerprint density at radius 2 is 1.77 bits per heavy atom. The van der Waals surface area contributed by atoms with Crippen LogP contribution in [0, 0.1) is 0 Å². The van der Waals surface area contributed by atoms with Gasteiger partial charge in [-0.1, -0.05) is 29.3 Å². The van der Waals surface area contributed by atoms with E-state index >= 15 is 0 Å². The lowest BCUT2D eigenvalue weighted by atomic mass is 10.1. The molecule has 3 aromatic rings. The molecule has 2 aromatic carbocycles. The van der Waals surface area contributed by atoms with Crippen molar-refractivity contribution < 1.29 is 40.7 Å². The van der Waals surface area contributed by atoms with Crippen LogP contribution in [0.5, 0.6) is 5.75 Å². The van der Waals surface area contributed by atoms with Crippen LogP contribution in [0.25, 0.3) is 11.0 Å². The molecule has 2 N–H and O–H groups in total. The van der Waals surface area contributed by atoms with E-state index in [1.54, 1.807) is 23.0 Å². The summed E-state index contributed by atoms with van der Waals surface area (Å²) in [5.41, 5.74) is -1.16. The number of rotatable bonds is 10. The molecular weight excluding hydrogens is 589 g/mol. The zero-order valence-electron chi connectivity index (χ0n) is 21.4. The normalized spacial score (nSPS) is 12.2. The van der Waals surface area contributed by atoms with E-state index < -0.39 is 48.8 Å². The number of hydrogen-bond acceptors (Lipinski definition) is 4. The first kappa shape index (κ1) is 31.3. The predicted octanol–water partition coefficient (Wildman–Crippen LogP) is 5.77. The molecule has 0 radical (unpaired) electrons. The smallest absolute Gasteiger partial charge is 0.405 e. The molecule has 0 spiro atoms. The highest BCUT2D eigenvalue weighted by Gasteiger charge is 2.29. The van der Waals surface area contributed by atoms with Crippen molar-refractivity contribution in [3.63, 3.8) is 0 Å². The summed E-state index contributed by atoms with van der Waals surface area (Å²) in [6.07, 6.45) is -7.57. The third-order valence-corrected chi connectivity index (χ3v) is 6.54. The zero-order valence-corrected chi connectivity index (χ0v) is 22.9. The number of amides is 2. The van der Waals surface area contributed by atoms with Crippen LogP contribution in [0.2, 0.25) is 10.0 Å². The summed E-state index contributed by atoms with van der Waals surface area (Å²) < 4.78 is 83.9. The van der Waals surface area contributed by atoms with E-state index in [0.29, 0.717) is 22.5 Å². The Morgan fingerprint density at radius 3 is 2.38 bits per heavy atom. The molecule has 0 aliphatic heterocycles. The van der Waals surface area contributed by atoms with Gasteiger partial charge in [-0.25, -0.2) is 18.2 Å². The highest BCUT2D eigenvalue weighted by atomic mass is 35.5. The summed E-state index contributed by atoms with van der Waals surface area (Å²) in [5.74, 6) is -2.03. The molecular formula is C25H24Cl2F6N4O3. The number of carbonyl (C=O) groups is 2. The van der Waals surface area contributed by atoms with Crippen LogP contribution in [-0.4, -0.2) is 52.8 Å². The van der Waals surface area contributed by atoms with Crippen LogP contribution in [0.15, 0.2) is 24.3 Å². The maximum absolute atomic E-state index is 13.9. The Balaban J connectivity index is 1.98. The SMILES string of the molecule is Cn1c(Cc2c(Cl)ccc(CNC(=O)C(C)(C)F)c2Cl)nc2cc(C(=O)NCC(F)(F)F)c(OCC(F)F)cc21. The number of benzene rings is 2. The summed E-state index contributed by atoms with van der Waals surface area (Å²) in [6.45, 7) is -0.596. The molecule has 0 fully saturated rings. The third kappa shape index (κ3) is 7.72. The molecule has 218 valence electrons. The number of aryl methyl sites for hydroxylation is 1. The Morgan fingerprint density at radius 1 is 1.10 bits per heavy atom. The van der Waals surface area contributed by atoms with Gasteiger partial charge in [0.1, 0.15) is 24.7 Å². The van der Waals surface area contributed by atoms with Gasteiger partial charge in [0.25, 0.3) is 18.2 Å². The van der Waals surface area contributed by atoms with Crippen molar-refractivity contribution in [1.82, 2.24) is 20.2 Å². The van der Waals surface area contributed by atoms with Crippen molar-refractivity contribution in [2.75, 3.05) is 13.2 Å². The van der Waals surface area contributed by atoms with Crippen LogP contribution >= 0.6 is 23.2 Å². The van der Waals surface area contributed by atoms with Crippen LogP contribution in [0.1, 0.15) is 41.2 Å². The molecule has 15 heteroatoms. The molecule has 0 bridgehead atoms. The molecule has 0 atom stereocenters. The van der Waals surface area contributed by atoms with Gasteiger partial charge in [0.05, 0.1) is 21.6 Å². The minimum Gasteiger partial charge on any atom is -0.487 e. The summed E-state index contributed by atoms with van der Waals surface area (Å²) in [5, 5.41) is 4.58. The Labute approximate surface area is 234 Å². The summed E-state index contributed by atoms with van der Waals surface area (Å²) >= 11 is 12.9. The van der Waals surface area contributed by atoms with Crippen molar-refractivity contribution in [3.8, 4) is 5.75 Å². The van der Waals surface area contributed by atoms with Crippen LogP contribution in [0.4, 0.5) is 26.3 Å². The Hall–Kier alpha value is -3.19. The van der Waals surface area contributed by atoms with E-state index in [1.807, 2.05) is 0 Å². The molecule has 7 nitrogen and oxygen atoms in total. The van der Waals surface area contributed by atoms with E-state index in [-0.39, 0.29) is 34.3 Å². The van der Waals surface area contributed by atoms with E-state index in [9.17, 15) is 35.9 Å². The van der Waals surface area contributed by atoms with Gasteiger partial charge in [0.2, 0.25) is 0 Å². The number of fused-ring (bicyclic) bond motifs is 1. The van der Waals surface area contributed by atoms with Gasteiger partial charge >= 0.3 is 6.18 Å². The quantitative estimate of drug-likeness (QED) is 0.285. The molecule has 1 aromatic heterocycles. The van der Waals surface area contributed by atoms with Crippen LogP contribution < -0.4 is 15.4 Å². The second kappa shape index (κ2) is 12.1. The number of nitrogens with zero attached hydrogens (tertiary/aromatic N) is 2. The second-order valence-electron chi connectivity index (χ2n) is 9.26. The van der Waals surface area contributed by atoms with Gasteiger partial charge < -0.3 is 19.9 Å². The lowest BCUT2D eigenvalue weighted by Crippen LogP contribution is -2.38. The molecule has 0 unspecified atom stereocenters. The largest absolute Gasteiger partial charge is 0.487 e. The maximum Gasteiger partial charge on any atom is 0.405 e. The predicted molar refractivity (Wildman–Crippen MR) is 137 cm³/mol. The fourth-order valence-electron chi connectivity index (χ4n) is 3.64. The number of carbonyl (C=O) groups excluding carboxylic acids is 2. The molecule has 40 heavy (non-hydrogen) atoms. The molecule has 0 saturated heterocycles. The van der Waals surface area contributed by atoms with Crippen LogP contribution in [0.3, 0.4) is 0 Å². The van der Waals surface area contributed by atoms with Gasteiger partial charge in [-0.2, -0.15) is 13.2 Å². The molecule has 3 rings (SSSR count). The van der Waals surface area contributed by atoms with Crippen molar-refractivity contribution >= 4 is 46.0 Å². The Kier molecular flexibility index (Phi) is 9.50. The number of ether oxygens (including phenoxy) is 1. The number of aromatic nitrogens is 2. The fraction of sp³-hybridized carbons (Fsp3) is 0.400. The number of alkyl halides is 6. The standard InChI is InChI=1S/C25H24Cl2F6N4O3/c1-24(2,30)23(39)34-9-12-4-5-15(26)13(21(12)27)7-20-36-16-6-14(22(38)35-11-25(31,32)33)18(40-10-19(28)29)8-17(16)37(20)3/h4-6,8,19H,7,9-11H2,1-3H3,(H,34,39)(H,35,38). The van der Waals surface area contributed by atoms with E-state index in [1.165, 1.54) is 12.1 Å². The first-order chi connectivity index (χ1) is 18.5. The van der Waals surface area contributed by atoms with Gasteiger partial charge in [0, 0.05) is 31.1 Å². The minimum absolute atomic E-state index is 0.0298. The minimum atomic E-state index is -4.69. The second-order valence-corrected chi connectivity index (χ2v) is 10.0. The first-order valence-corrected chi connectivity index (χ1v) is 12.4. The summed E-state index contributed by atoms with van der Waals surface area (Å²) in [4.78, 5) is 28.8. The number of hydrogen-bond donors (Lipinski definition) is 2. The number of nitrogens with one attached hydrogen (secondary N) is 2. The summed E-state index contributed by atoms with van der Waals surface area (Å²) in [6, 6.07) is 5.46. The average Bonchev–Trinajstić information content (AvgIpc) is 3.15. The van der Waals surface area contributed by atoms with Crippen LogP contribution in [-0.2, 0) is 24.8 Å². The molecule has 0 aliphatic carbocycles. The topological polar surface area (TPSA) is 85.2 Å². The van der Waals surface area contributed by atoms with E-state index in [2.05, 4.69) is 10.3 Å². The molecule has 0 saturated carbocycles. The fourth-order valence-corrected chi connectivity index (χ4v) is 4.21. The lowest BCUT2D eigenvalue weighted by molar-refractivity contribution is -0.131. The Bertz CT molecular complexity index is 1420. The first-order valence-electron chi connectivity index (χ1n) is 11.7. The maximum atomic E-state index is 13.9. The van der Waals surface area contributed by atoms with Crippen molar-refractivity contribution in [2.45, 2.75) is 45.1 Å². The van der Waals surface area contributed by atoms with Crippen molar-refractivity contribution in [3.05, 3.63) is 56.8 Å². The zero-order chi connectivity index (χ0) is 30.0. The van der Waals surface area contributed by atoms with Gasteiger partial charge in [0.15, 0.2) is 5.67 Å². The van der Waals surface area contributed by atoms with Gasteiger partial charge in [-0.05, 0) is 37.1 Å². The van der Waals surface area contributed by atoms with Gasteiger partial charge in [-0.15, -0.1) is 0 Å². The van der Waals surface area contributed by atoms with E-state index in [4.69, 9.17) is 27.9 Å². The van der Waals surface area contributed by atoms with Crippen molar-refractivity contribution in [2.24, 2.45) is 7.05 Å². The lowest BCUT2D eigenvalue weighted by Gasteiger charge is -2.16. The molecule has 2 amide bonds. The summed E-state index contributed by atoms with van der Waals surface area (Å²) in [7, 11) is 1.58. The van der Waals surface area contributed by atoms with Crippen molar-refractivity contribution in [1.29, 1.82) is 0 Å². The highest BCUT2D eigenvalue weighted by Crippen LogP contribution is 2.33. The molecule has 1 heterocycles. The van der Waals surface area contributed by atoms with Gasteiger partial charge in [-0.3, -0.25) is 9.59 Å². The monoisotopic (exact) mass is 612 g/mol. The third-order valence-electron chi connectivity index (χ3n) is 5.71. The number of imidazole rings is 1.